The van der Waals surface area contributed by atoms with E-state index in [0.29, 0.717) is 17.0 Å². The Morgan fingerprint density at radius 1 is 0.946 bits per heavy atom. The van der Waals surface area contributed by atoms with Crippen LogP contribution in [-0.2, 0) is 26.2 Å². The topological polar surface area (TPSA) is 86.8 Å². The van der Waals surface area contributed by atoms with Crippen LogP contribution in [0, 0.1) is 0 Å². The maximum absolute atomic E-state index is 13.6. The molecule has 0 aliphatic carbocycles. The lowest BCUT2D eigenvalue weighted by Crippen LogP contribution is -2.53. The van der Waals surface area contributed by atoms with Crippen molar-refractivity contribution in [1.82, 2.24) is 14.5 Å². The van der Waals surface area contributed by atoms with E-state index in [1.165, 1.54) is 18.0 Å². The van der Waals surface area contributed by atoms with E-state index in [9.17, 15) is 18.0 Å². The molecule has 0 bridgehead atoms. The van der Waals surface area contributed by atoms with Crippen molar-refractivity contribution < 1.29 is 18.0 Å². The van der Waals surface area contributed by atoms with Gasteiger partial charge < -0.3 is 10.2 Å². The van der Waals surface area contributed by atoms with Crippen molar-refractivity contribution in [3.8, 4) is 0 Å². The molecular formula is C28H34ClN3O4S. The minimum Gasteiger partial charge on any atom is -0.352 e. The average Bonchev–Trinajstić information content (AvgIpc) is 2.89. The van der Waals surface area contributed by atoms with Crippen molar-refractivity contribution in [2.45, 2.75) is 57.1 Å². The maximum Gasteiger partial charge on any atom is 0.243 e. The first kappa shape index (κ1) is 28.6. The van der Waals surface area contributed by atoms with E-state index in [1.807, 2.05) is 45.0 Å². The predicted molar refractivity (Wildman–Crippen MR) is 148 cm³/mol. The molecule has 1 N–H and O–H groups in total. The second kappa shape index (κ2) is 12.5. The molecule has 0 aliphatic rings. The third kappa shape index (κ3) is 6.89. The van der Waals surface area contributed by atoms with Gasteiger partial charge in [-0.3, -0.25) is 9.59 Å². The number of nitrogens with one attached hydrogen (secondary N) is 1. The van der Waals surface area contributed by atoms with Gasteiger partial charge in [0, 0.05) is 24.7 Å². The second-order valence-corrected chi connectivity index (χ2v) is 11.6. The summed E-state index contributed by atoms with van der Waals surface area (Å²) in [7, 11) is -2.59. The van der Waals surface area contributed by atoms with Crippen molar-refractivity contribution in [3.05, 3.63) is 77.3 Å². The standard InChI is InChI=1S/C28H34ClN3O4S/c1-5-20(3)30-28(34)26(6-2)32(18-23-13-9-10-14-25(23)29)27(33)19-31(4)37(35,36)24-16-15-21-11-7-8-12-22(21)17-24/h7-17,20,26H,5-6,18-19H2,1-4H3,(H,30,34). The van der Waals surface area contributed by atoms with Gasteiger partial charge in [-0.05, 0) is 54.3 Å². The van der Waals surface area contributed by atoms with Crippen LogP contribution in [-0.4, -0.2) is 55.1 Å². The first-order chi connectivity index (χ1) is 17.6. The van der Waals surface area contributed by atoms with Crippen molar-refractivity contribution >= 4 is 44.2 Å². The lowest BCUT2D eigenvalue weighted by Gasteiger charge is -2.32. The zero-order valence-electron chi connectivity index (χ0n) is 21.6. The van der Waals surface area contributed by atoms with E-state index in [4.69, 9.17) is 11.6 Å². The molecule has 0 heterocycles. The number of carbonyl (C=O) groups is 2. The summed E-state index contributed by atoms with van der Waals surface area (Å²) < 4.78 is 27.7. The minimum atomic E-state index is -3.96. The van der Waals surface area contributed by atoms with Gasteiger partial charge in [-0.15, -0.1) is 0 Å². The monoisotopic (exact) mass is 543 g/mol. The third-order valence-electron chi connectivity index (χ3n) is 6.47. The fourth-order valence-electron chi connectivity index (χ4n) is 4.04. The molecule has 0 saturated carbocycles. The van der Waals surface area contributed by atoms with E-state index in [0.717, 1.165) is 21.5 Å². The number of hydrogen-bond acceptors (Lipinski definition) is 4. The highest BCUT2D eigenvalue weighted by atomic mass is 35.5. The molecule has 2 amide bonds. The van der Waals surface area contributed by atoms with E-state index >= 15 is 0 Å². The Balaban J connectivity index is 1.89. The molecule has 0 saturated heterocycles. The number of hydrogen-bond donors (Lipinski definition) is 1. The van der Waals surface area contributed by atoms with Crippen LogP contribution in [0.2, 0.25) is 5.02 Å². The van der Waals surface area contributed by atoms with Crippen LogP contribution in [0.25, 0.3) is 10.8 Å². The van der Waals surface area contributed by atoms with Gasteiger partial charge in [0.05, 0.1) is 11.4 Å². The highest BCUT2D eigenvalue weighted by molar-refractivity contribution is 7.89. The molecule has 3 aromatic carbocycles. The molecule has 198 valence electrons. The summed E-state index contributed by atoms with van der Waals surface area (Å²) in [5.74, 6) is -0.768. The van der Waals surface area contributed by atoms with Crippen LogP contribution in [0.1, 0.15) is 39.2 Å². The number of halogens is 1. The molecule has 9 heteroatoms. The average molecular weight is 544 g/mol. The number of sulfonamides is 1. The van der Waals surface area contributed by atoms with Crippen molar-refractivity contribution in [1.29, 1.82) is 0 Å². The SMILES string of the molecule is CCC(C)NC(=O)C(CC)N(Cc1ccccc1Cl)C(=O)CN(C)S(=O)(=O)c1ccc2ccccc2c1. The first-order valence-corrected chi connectivity index (χ1v) is 14.2. The number of rotatable bonds is 11. The lowest BCUT2D eigenvalue weighted by atomic mass is 10.1. The second-order valence-electron chi connectivity index (χ2n) is 9.13. The Morgan fingerprint density at radius 3 is 2.24 bits per heavy atom. The summed E-state index contributed by atoms with van der Waals surface area (Å²) in [6.07, 6.45) is 1.10. The molecule has 0 aliphatic heterocycles. The summed E-state index contributed by atoms with van der Waals surface area (Å²) in [6, 6.07) is 18.6. The highest BCUT2D eigenvalue weighted by Gasteiger charge is 2.32. The van der Waals surface area contributed by atoms with Crippen LogP contribution < -0.4 is 5.32 Å². The number of amides is 2. The van der Waals surface area contributed by atoms with Crippen LogP contribution in [0.15, 0.2) is 71.6 Å². The smallest absolute Gasteiger partial charge is 0.243 e. The van der Waals surface area contributed by atoms with Crippen molar-refractivity contribution in [2.24, 2.45) is 0 Å². The Hall–Kier alpha value is -2.94. The molecule has 0 spiro atoms. The van der Waals surface area contributed by atoms with E-state index in [-0.39, 0.29) is 23.4 Å². The van der Waals surface area contributed by atoms with E-state index < -0.39 is 28.5 Å². The van der Waals surface area contributed by atoms with Crippen molar-refractivity contribution in [2.75, 3.05) is 13.6 Å². The summed E-state index contributed by atoms with van der Waals surface area (Å²) in [4.78, 5) is 28.3. The van der Waals surface area contributed by atoms with Gasteiger partial charge in [0.25, 0.3) is 0 Å². The fraction of sp³-hybridized carbons (Fsp3) is 0.357. The van der Waals surface area contributed by atoms with Crippen molar-refractivity contribution in [3.63, 3.8) is 0 Å². The van der Waals surface area contributed by atoms with Crippen LogP contribution in [0.4, 0.5) is 0 Å². The Labute approximate surface area is 224 Å². The highest BCUT2D eigenvalue weighted by Crippen LogP contribution is 2.23. The molecule has 3 rings (SSSR count). The number of benzene rings is 3. The Bertz CT molecular complexity index is 1360. The van der Waals surface area contributed by atoms with Crippen LogP contribution in [0.3, 0.4) is 0 Å². The number of fused-ring (bicyclic) bond motifs is 1. The van der Waals surface area contributed by atoms with Gasteiger partial charge in [-0.1, -0.05) is 74.0 Å². The zero-order valence-corrected chi connectivity index (χ0v) is 23.2. The van der Waals surface area contributed by atoms with Gasteiger partial charge in [-0.25, -0.2) is 8.42 Å². The number of likely N-dealkylation sites (N-methyl/N-ethyl adjacent to an activating group) is 1. The van der Waals surface area contributed by atoms with Gasteiger partial charge in [0.1, 0.15) is 6.04 Å². The fourth-order valence-corrected chi connectivity index (χ4v) is 5.40. The largest absolute Gasteiger partial charge is 0.352 e. The van der Waals surface area contributed by atoms with E-state index in [2.05, 4.69) is 5.32 Å². The summed E-state index contributed by atoms with van der Waals surface area (Å²) in [5.41, 5.74) is 0.673. The molecule has 2 unspecified atom stereocenters. The quantitative estimate of drug-likeness (QED) is 0.375. The van der Waals surface area contributed by atoms with Gasteiger partial charge in [0.2, 0.25) is 21.8 Å². The third-order valence-corrected chi connectivity index (χ3v) is 8.64. The number of carbonyl (C=O) groups excluding carboxylic acids is 2. The molecule has 2 atom stereocenters. The molecule has 0 aromatic heterocycles. The molecule has 0 radical (unpaired) electrons. The maximum atomic E-state index is 13.6. The Morgan fingerprint density at radius 2 is 1.59 bits per heavy atom. The predicted octanol–water partition coefficient (Wildman–Crippen LogP) is 4.84. The van der Waals surface area contributed by atoms with Crippen LogP contribution in [0.5, 0.6) is 0 Å². The molecule has 3 aromatic rings. The molecular weight excluding hydrogens is 510 g/mol. The lowest BCUT2D eigenvalue weighted by molar-refractivity contribution is -0.141. The summed E-state index contributed by atoms with van der Waals surface area (Å²) in [5, 5.41) is 5.12. The first-order valence-electron chi connectivity index (χ1n) is 12.4. The van der Waals surface area contributed by atoms with Gasteiger partial charge >= 0.3 is 0 Å². The summed E-state index contributed by atoms with van der Waals surface area (Å²) >= 11 is 6.37. The van der Waals surface area contributed by atoms with Gasteiger partial charge in [-0.2, -0.15) is 4.31 Å². The molecule has 0 fully saturated rings. The Kier molecular flexibility index (Phi) is 9.70. The summed E-state index contributed by atoms with van der Waals surface area (Å²) in [6.45, 7) is 5.34. The number of nitrogens with zero attached hydrogens (tertiary/aromatic N) is 2. The molecule has 37 heavy (non-hydrogen) atoms. The minimum absolute atomic E-state index is 0.0604. The molecule has 7 nitrogen and oxygen atoms in total. The van der Waals surface area contributed by atoms with Crippen LogP contribution >= 0.6 is 11.6 Å². The van der Waals surface area contributed by atoms with E-state index in [1.54, 1.807) is 36.4 Å². The zero-order chi connectivity index (χ0) is 27.2. The normalized spacial score (nSPS) is 13.4. The van der Waals surface area contributed by atoms with Gasteiger partial charge in [0.15, 0.2) is 0 Å².